The van der Waals surface area contributed by atoms with Crippen LogP contribution < -0.4 is 0 Å². The molecule has 18 heavy (non-hydrogen) atoms. The summed E-state index contributed by atoms with van der Waals surface area (Å²) in [4.78, 5) is 13.4. The average Bonchev–Trinajstić information content (AvgIpc) is 2.22. The van der Waals surface area contributed by atoms with Crippen LogP contribution in [0.15, 0.2) is 28.2 Å². The van der Waals surface area contributed by atoms with Crippen molar-refractivity contribution in [2.24, 2.45) is 9.98 Å². The fourth-order valence-electron chi connectivity index (χ4n) is 1.13. The van der Waals surface area contributed by atoms with Gasteiger partial charge in [-0.25, -0.2) is 4.98 Å². The normalized spacial score (nSPS) is 13.7. The first kappa shape index (κ1) is 14.6. The molecular weight excluding hydrogens is 222 g/mol. The number of aromatic nitrogens is 1. The lowest BCUT2D eigenvalue weighted by atomic mass is 10.1. The fourth-order valence-corrected chi connectivity index (χ4v) is 1.13. The Kier molecular flexibility index (Phi) is 4.38. The zero-order valence-electron chi connectivity index (χ0n) is 12.2. The average molecular weight is 245 g/mol. The second kappa shape index (κ2) is 5.42. The molecule has 0 aromatic carbocycles. The maximum absolute atomic E-state index is 4.48. The molecule has 3 heteroatoms. The van der Waals surface area contributed by atoms with Crippen LogP contribution in [0.1, 0.15) is 52.9 Å². The molecule has 0 aliphatic carbocycles. The second-order valence-electron chi connectivity index (χ2n) is 6.35. The largest absolute Gasteiger partial charge is 0.285 e. The minimum absolute atomic E-state index is 0.0722. The minimum atomic E-state index is -0.0722. The molecule has 1 heterocycles. The van der Waals surface area contributed by atoms with Gasteiger partial charge in [0.2, 0.25) is 0 Å². The topological polar surface area (TPSA) is 37.6 Å². The molecule has 1 rings (SSSR count). The Balaban J connectivity index is 2.87. The van der Waals surface area contributed by atoms with Crippen molar-refractivity contribution in [2.75, 3.05) is 0 Å². The number of hydrogen-bond acceptors (Lipinski definition) is 3. The molecular formula is C15H23N3. The highest BCUT2D eigenvalue weighted by Crippen LogP contribution is 2.07. The summed E-state index contributed by atoms with van der Waals surface area (Å²) in [6.45, 7) is 12.4. The molecule has 0 aliphatic rings. The van der Waals surface area contributed by atoms with Crippen LogP contribution in [-0.4, -0.2) is 28.5 Å². The molecule has 0 atom stereocenters. The molecule has 1 aromatic rings. The first-order valence-electron chi connectivity index (χ1n) is 6.23. The van der Waals surface area contributed by atoms with Crippen LogP contribution >= 0.6 is 0 Å². The molecule has 1 aromatic heterocycles. The number of rotatable bonds is 2. The molecule has 0 unspecified atom stereocenters. The van der Waals surface area contributed by atoms with Gasteiger partial charge < -0.3 is 0 Å². The van der Waals surface area contributed by atoms with Gasteiger partial charge in [0, 0.05) is 12.4 Å². The van der Waals surface area contributed by atoms with Gasteiger partial charge in [-0.05, 0) is 53.7 Å². The Morgan fingerprint density at radius 1 is 0.833 bits per heavy atom. The molecule has 0 saturated carbocycles. The van der Waals surface area contributed by atoms with Crippen molar-refractivity contribution in [3.8, 4) is 0 Å². The Labute approximate surface area is 110 Å². The van der Waals surface area contributed by atoms with Crippen molar-refractivity contribution in [1.29, 1.82) is 0 Å². The molecule has 98 valence electrons. The Morgan fingerprint density at radius 2 is 1.22 bits per heavy atom. The third kappa shape index (κ3) is 6.28. The minimum Gasteiger partial charge on any atom is -0.285 e. The Bertz CT molecular complexity index is 406. The van der Waals surface area contributed by atoms with Gasteiger partial charge in [0.05, 0.1) is 22.5 Å². The van der Waals surface area contributed by atoms with E-state index in [0.29, 0.717) is 0 Å². The van der Waals surface area contributed by atoms with E-state index in [9.17, 15) is 0 Å². The van der Waals surface area contributed by atoms with Crippen molar-refractivity contribution in [3.05, 3.63) is 29.6 Å². The van der Waals surface area contributed by atoms with Gasteiger partial charge in [-0.15, -0.1) is 0 Å². The Morgan fingerprint density at radius 3 is 1.56 bits per heavy atom. The third-order valence-electron chi connectivity index (χ3n) is 1.96. The molecule has 0 N–H and O–H groups in total. The van der Waals surface area contributed by atoms with Crippen molar-refractivity contribution in [2.45, 2.75) is 52.6 Å². The summed E-state index contributed by atoms with van der Waals surface area (Å²) in [6.07, 6.45) is 3.63. The highest BCUT2D eigenvalue weighted by atomic mass is 14.9. The molecule has 3 nitrogen and oxygen atoms in total. The van der Waals surface area contributed by atoms with E-state index in [1.165, 1.54) is 0 Å². The highest BCUT2D eigenvalue weighted by molar-refractivity contribution is 5.82. The summed E-state index contributed by atoms with van der Waals surface area (Å²) in [7, 11) is 0. The Hall–Kier alpha value is -1.51. The van der Waals surface area contributed by atoms with Gasteiger partial charge in [-0.3, -0.25) is 9.98 Å². The van der Waals surface area contributed by atoms with E-state index in [0.717, 1.165) is 11.4 Å². The first-order valence-corrected chi connectivity index (χ1v) is 6.23. The van der Waals surface area contributed by atoms with E-state index in [-0.39, 0.29) is 11.1 Å². The summed E-state index contributed by atoms with van der Waals surface area (Å²) < 4.78 is 0. The quantitative estimate of drug-likeness (QED) is 0.735. The van der Waals surface area contributed by atoms with Gasteiger partial charge >= 0.3 is 0 Å². The molecule has 0 bridgehead atoms. The van der Waals surface area contributed by atoms with Crippen LogP contribution in [0.3, 0.4) is 0 Å². The molecule has 0 fully saturated rings. The lowest BCUT2D eigenvalue weighted by Gasteiger charge is -2.11. The number of nitrogens with zero attached hydrogens (tertiary/aromatic N) is 3. The van der Waals surface area contributed by atoms with Gasteiger partial charge in [0.15, 0.2) is 0 Å². The third-order valence-corrected chi connectivity index (χ3v) is 1.96. The number of aliphatic imine (C=N–C) groups is 2. The van der Waals surface area contributed by atoms with Crippen LogP contribution in [0, 0.1) is 0 Å². The van der Waals surface area contributed by atoms with Crippen molar-refractivity contribution < 1.29 is 0 Å². The van der Waals surface area contributed by atoms with Crippen LogP contribution in [-0.2, 0) is 0 Å². The maximum atomic E-state index is 4.48. The zero-order valence-corrected chi connectivity index (χ0v) is 12.2. The molecule has 0 saturated heterocycles. The molecule has 0 radical (unpaired) electrons. The van der Waals surface area contributed by atoms with Crippen molar-refractivity contribution >= 4 is 12.4 Å². The van der Waals surface area contributed by atoms with E-state index < -0.39 is 0 Å². The number of pyridine rings is 1. The van der Waals surface area contributed by atoms with Crippen LogP contribution in [0.4, 0.5) is 0 Å². The SMILES string of the molecule is CC(C)(C)N=Cc1cccc(C=NC(C)(C)C)n1. The van der Waals surface area contributed by atoms with E-state index in [4.69, 9.17) is 0 Å². The maximum Gasteiger partial charge on any atom is 0.0816 e. The first-order chi connectivity index (χ1) is 8.16. The van der Waals surface area contributed by atoms with E-state index in [1.54, 1.807) is 0 Å². The van der Waals surface area contributed by atoms with E-state index >= 15 is 0 Å². The lowest BCUT2D eigenvalue weighted by Crippen LogP contribution is -2.11. The summed E-state index contributed by atoms with van der Waals surface area (Å²) in [5.74, 6) is 0. The summed E-state index contributed by atoms with van der Waals surface area (Å²) in [6, 6.07) is 5.87. The van der Waals surface area contributed by atoms with E-state index in [1.807, 2.05) is 30.6 Å². The summed E-state index contributed by atoms with van der Waals surface area (Å²) in [5.41, 5.74) is 1.58. The van der Waals surface area contributed by atoms with Crippen LogP contribution in [0.2, 0.25) is 0 Å². The van der Waals surface area contributed by atoms with Gasteiger partial charge in [0.1, 0.15) is 0 Å². The molecule has 0 aliphatic heterocycles. The summed E-state index contributed by atoms with van der Waals surface area (Å²) in [5, 5.41) is 0. The number of hydrogen-bond donors (Lipinski definition) is 0. The standard InChI is InChI=1S/C15H23N3/c1-14(2,3)16-10-12-8-7-9-13(18-12)11-17-15(4,5)6/h7-11H,1-6H3. The lowest BCUT2D eigenvalue weighted by molar-refractivity contribution is 0.586. The second-order valence-corrected chi connectivity index (χ2v) is 6.35. The molecule has 0 amide bonds. The smallest absolute Gasteiger partial charge is 0.0816 e. The zero-order chi connectivity index (χ0) is 13.8. The summed E-state index contributed by atoms with van der Waals surface area (Å²) >= 11 is 0. The molecule has 0 spiro atoms. The van der Waals surface area contributed by atoms with Gasteiger partial charge in [0.25, 0.3) is 0 Å². The van der Waals surface area contributed by atoms with Crippen LogP contribution in [0.5, 0.6) is 0 Å². The highest BCUT2D eigenvalue weighted by Gasteiger charge is 2.06. The van der Waals surface area contributed by atoms with Crippen molar-refractivity contribution in [3.63, 3.8) is 0 Å². The van der Waals surface area contributed by atoms with Gasteiger partial charge in [-0.2, -0.15) is 0 Å². The van der Waals surface area contributed by atoms with Gasteiger partial charge in [-0.1, -0.05) is 6.07 Å². The predicted molar refractivity (Wildman–Crippen MR) is 78.9 cm³/mol. The fraction of sp³-hybridized carbons (Fsp3) is 0.533. The van der Waals surface area contributed by atoms with Crippen LogP contribution in [0.25, 0.3) is 0 Å². The van der Waals surface area contributed by atoms with E-state index in [2.05, 4.69) is 56.5 Å². The monoisotopic (exact) mass is 245 g/mol. The predicted octanol–water partition coefficient (Wildman–Crippen LogP) is 3.52. The van der Waals surface area contributed by atoms with Crippen molar-refractivity contribution in [1.82, 2.24) is 4.98 Å².